The van der Waals surface area contributed by atoms with Crippen molar-refractivity contribution in [3.8, 4) is 0 Å². The molecule has 5 nitrogen and oxygen atoms in total. The lowest BCUT2D eigenvalue weighted by Crippen LogP contribution is -2.32. The maximum absolute atomic E-state index is 12.2. The van der Waals surface area contributed by atoms with Gasteiger partial charge in [-0.25, -0.2) is 13.2 Å². The van der Waals surface area contributed by atoms with E-state index in [9.17, 15) is 18.3 Å². The second-order valence-corrected chi connectivity index (χ2v) is 6.35. The molecule has 0 fully saturated rings. The zero-order valence-corrected chi connectivity index (χ0v) is 11.2. The van der Waals surface area contributed by atoms with E-state index in [1.807, 2.05) is 0 Å². The molecular formula is C13H15NO4S. The van der Waals surface area contributed by atoms with E-state index in [1.165, 1.54) is 16.4 Å². The van der Waals surface area contributed by atoms with Crippen molar-refractivity contribution in [2.24, 2.45) is 0 Å². The maximum atomic E-state index is 12.2. The highest BCUT2D eigenvalue weighted by Gasteiger charge is 2.32. The number of rotatable bonds is 5. The Morgan fingerprint density at radius 2 is 2.21 bits per heavy atom. The Morgan fingerprint density at radius 1 is 1.47 bits per heavy atom. The second kappa shape index (κ2) is 5.05. The molecule has 0 bridgehead atoms. The van der Waals surface area contributed by atoms with Gasteiger partial charge in [-0.1, -0.05) is 18.2 Å². The van der Waals surface area contributed by atoms with Crippen molar-refractivity contribution in [3.63, 3.8) is 0 Å². The van der Waals surface area contributed by atoms with Gasteiger partial charge in [0.2, 0.25) is 10.0 Å². The summed E-state index contributed by atoms with van der Waals surface area (Å²) in [6.07, 6.45) is 2.44. The van der Waals surface area contributed by atoms with Crippen molar-refractivity contribution < 1.29 is 18.3 Å². The van der Waals surface area contributed by atoms with Crippen LogP contribution in [0.15, 0.2) is 30.9 Å². The number of sulfonamides is 1. The summed E-state index contributed by atoms with van der Waals surface area (Å²) in [5.41, 5.74) is 1.12. The fraction of sp³-hybridized carbons (Fsp3) is 0.308. The summed E-state index contributed by atoms with van der Waals surface area (Å²) in [5, 5.41) is 9.17. The van der Waals surface area contributed by atoms with Gasteiger partial charge in [-0.3, -0.25) is 4.31 Å². The predicted molar refractivity (Wildman–Crippen MR) is 73.1 cm³/mol. The SMILES string of the molecule is C=CCCS(=O)(=O)N1CCc2cccc(C(=O)O)c21. The normalized spacial score (nSPS) is 14.2. The van der Waals surface area contributed by atoms with Gasteiger partial charge in [0.15, 0.2) is 0 Å². The molecule has 1 aliphatic heterocycles. The van der Waals surface area contributed by atoms with Gasteiger partial charge in [-0.05, 0) is 24.5 Å². The minimum absolute atomic E-state index is 0.0391. The summed E-state index contributed by atoms with van der Waals surface area (Å²) in [5.74, 6) is -1.16. The lowest BCUT2D eigenvalue weighted by molar-refractivity contribution is 0.0698. The van der Waals surface area contributed by atoms with E-state index in [1.54, 1.807) is 12.1 Å². The van der Waals surface area contributed by atoms with Crippen LogP contribution in [0.1, 0.15) is 22.3 Å². The van der Waals surface area contributed by atoms with Gasteiger partial charge in [0.1, 0.15) is 0 Å². The number of hydrogen-bond acceptors (Lipinski definition) is 3. The second-order valence-electron chi connectivity index (χ2n) is 4.33. The summed E-state index contributed by atoms with van der Waals surface area (Å²) in [4.78, 5) is 11.2. The van der Waals surface area contributed by atoms with Gasteiger partial charge in [-0.2, -0.15) is 0 Å². The van der Waals surface area contributed by atoms with Gasteiger partial charge < -0.3 is 5.11 Å². The monoisotopic (exact) mass is 281 g/mol. The van der Waals surface area contributed by atoms with Crippen molar-refractivity contribution in [3.05, 3.63) is 42.0 Å². The minimum atomic E-state index is -3.49. The smallest absolute Gasteiger partial charge is 0.337 e. The minimum Gasteiger partial charge on any atom is -0.478 e. The van der Waals surface area contributed by atoms with E-state index in [0.29, 0.717) is 25.1 Å². The Kier molecular flexibility index (Phi) is 3.61. The van der Waals surface area contributed by atoms with Crippen molar-refractivity contribution in [2.75, 3.05) is 16.6 Å². The highest BCUT2D eigenvalue weighted by atomic mass is 32.2. The first-order valence-corrected chi connectivity index (χ1v) is 7.55. The molecule has 0 aromatic heterocycles. The van der Waals surface area contributed by atoms with Gasteiger partial charge in [-0.15, -0.1) is 6.58 Å². The molecule has 2 rings (SSSR count). The molecule has 0 saturated heterocycles. The third-order valence-corrected chi connectivity index (χ3v) is 4.89. The lowest BCUT2D eigenvalue weighted by Gasteiger charge is -2.20. The molecule has 0 atom stereocenters. The number of allylic oxidation sites excluding steroid dienone is 1. The molecule has 1 aromatic carbocycles. The van der Waals surface area contributed by atoms with Crippen LogP contribution in [0.5, 0.6) is 0 Å². The number of fused-ring (bicyclic) bond motifs is 1. The van der Waals surface area contributed by atoms with Gasteiger partial charge in [0.05, 0.1) is 17.0 Å². The molecule has 0 aliphatic carbocycles. The average Bonchev–Trinajstić information content (AvgIpc) is 2.80. The van der Waals surface area contributed by atoms with Crippen LogP contribution in [0.25, 0.3) is 0 Å². The number of carbonyl (C=O) groups is 1. The quantitative estimate of drug-likeness (QED) is 0.833. The van der Waals surface area contributed by atoms with Crippen LogP contribution in [0, 0.1) is 0 Å². The van der Waals surface area contributed by atoms with Crippen molar-refractivity contribution >= 4 is 21.7 Å². The molecule has 102 valence electrons. The lowest BCUT2D eigenvalue weighted by atomic mass is 10.1. The molecule has 1 aliphatic rings. The molecule has 0 amide bonds. The van der Waals surface area contributed by atoms with Crippen molar-refractivity contribution in [1.29, 1.82) is 0 Å². The molecule has 0 unspecified atom stereocenters. The van der Waals surface area contributed by atoms with Crippen LogP contribution in [0.3, 0.4) is 0 Å². The topological polar surface area (TPSA) is 74.7 Å². The first kappa shape index (κ1) is 13.6. The Labute approximate surface area is 112 Å². The van der Waals surface area contributed by atoms with E-state index in [4.69, 9.17) is 0 Å². The van der Waals surface area contributed by atoms with Crippen LogP contribution in [-0.4, -0.2) is 31.8 Å². The largest absolute Gasteiger partial charge is 0.478 e. The number of nitrogens with zero attached hydrogens (tertiary/aromatic N) is 1. The Bertz CT molecular complexity index is 622. The third kappa shape index (κ3) is 2.49. The molecule has 1 heterocycles. The molecule has 1 aromatic rings. The first-order chi connectivity index (χ1) is 8.97. The van der Waals surface area contributed by atoms with Crippen LogP contribution < -0.4 is 4.31 Å². The zero-order valence-electron chi connectivity index (χ0n) is 10.4. The standard InChI is InChI=1S/C13H15NO4S/c1-2-3-9-19(17,18)14-8-7-10-5-4-6-11(12(10)14)13(15)16/h2,4-6H,1,3,7-9H2,(H,15,16). The first-order valence-electron chi connectivity index (χ1n) is 5.94. The molecule has 19 heavy (non-hydrogen) atoms. The molecule has 0 saturated carbocycles. The molecule has 6 heteroatoms. The molecule has 1 N–H and O–H groups in total. The van der Waals surface area contributed by atoms with Crippen LogP contribution in [0.4, 0.5) is 5.69 Å². The van der Waals surface area contributed by atoms with Crippen molar-refractivity contribution in [1.82, 2.24) is 0 Å². The number of para-hydroxylation sites is 1. The fourth-order valence-corrected chi connectivity index (χ4v) is 3.76. The highest BCUT2D eigenvalue weighted by molar-refractivity contribution is 7.92. The molecule has 0 spiro atoms. The van der Waals surface area contributed by atoms with E-state index in [2.05, 4.69) is 6.58 Å². The molecular weight excluding hydrogens is 266 g/mol. The molecule has 0 radical (unpaired) electrons. The number of aromatic carboxylic acids is 1. The summed E-state index contributed by atoms with van der Waals surface area (Å²) in [7, 11) is -3.49. The van der Waals surface area contributed by atoms with E-state index >= 15 is 0 Å². The maximum Gasteiger partial charge on any atom is 0.337 e. The van der Waals surface area contributed by atoms with E-state index in [-0.39, 0.29) is 11.3 Å². The Hall–Kier alpha value is -1.82. The summed E-state index contributed by atoms with van der Waals surface area (Å²) in [6, 6.07) is 4.84. The van der Waals surface area contributed by atoms with E-state index < -0.39 is 16.0 Å². The van der Waals surface area contributed by atoms with Crippen LogP contribution in [-0.2, 0) is 16.4 Å². The zero-order chi connectivity index (χ0) is 14.0. The Balaban J connectivity index is 2.46. The average molecular weight is 281 g/mol. The number of anilines is 1. The number of carboxylic acids is 1. The van der Waals surface area contributed by atoms with Crippen LogP contribution >= 0.6 is 0 Å². The van der Waals surface area contributed by atoms with Crippen molar-refractivity contribution in [2.45, 2.75) is 12.8 Å². The number of carboxylic acid groups (broad SMARTS) is 1. The van der Waals surface area contributed by atoms with Gasteiger partial charge in [0, 0.05) is 6.54 Å². The highest BCUT2D eigenvalue weighted by Crippen LogP contribution is 2.34. The number of hydrogen-bond donors (Lipinski definition) is 1. The Morgan fingerprint density at radius 3 is 2.84 bits per heavy atom. The van der Waals surface area contributed by atoms with E-state index in [0.717, 1.165) is 5.56 Å². The summed E-state index contributed by atoms with van der Waals surface area (Å²) >= 11 is 0. The fourth-order valence-electron chi connectivity index (χ4n) is 2.21. The van der Waals surface area contributed by atoms with Crippen LogP contribution in [0.2, 0.25) is 0 Å². The predicted octanol–water partition coefficient (Wildman–Crippen LogP) is 1.65. The number of benzene rings is 1. The third-order valence-electron chi connectivity index (χ3n) is 3.10. The van der Waals surface area contributed by atoms with Gasteiger partial charge >= 0.3 is 5.97 Å². The van der Waals surface area contributed by atoms with Gasteiger partial charge in [0.25, 0.3) is 0 Å². The summed E-state index contributed by atoms with van der Waals surface area (Å²) in [6.45, 7) is 3.81. The summed E-state index contributed by atoms with van der Waals surface area (Å²) < 4.78 is 25.6.